The van der Waals surface area contributed by atoms with Crippen LogP contribution in [0.4, 0.5) is 0 Å². The van der Waals surface area contributed by atoms with E-state index < -0.39 is 0 Å². The number of carbonyl (C=O) groups excluding carboxylic acids is 2. The van der Waals surface area contributed by atoms with Gasteiger partial charge < -0.3 is 9.64 Å². The molecular weight excluding hydrogens is 410 g/mol. The molecule has 4 rings (SSSR count). The van der Waals surface area contributed by atoms with E-state index in [9.17, 15) is 9.59 Å². The number of hydrogen-bond donors (Lipinski definition) is 0. The molecule has 0 N–H and O–H groups in total. The Bertz CT molecular complexity index is 882. The molecule has 2 aromatic rings. The SMILES string of the molecule is COC(=O)c1ccc(-c2nc(CN3CCN(C(=O)CC4CCCCC4)CC3)cs2)cc1. The van der Waals surface area contributed by atoms with Crippen LogP contribution in [0, 0.1) is 5.92 Å². The summed E-state index contributed by atoms with van der Waals surface area (Å²) < 4.78 is 4.75. The third-order valence-electron chi connectivity index (χ3n) is 6.40. The van der Waals surface area contributed by atoms with Crippen LogP contribution in [-0.4, -0.2) is 59.9 Å². The molecule has 2 fully saturated rings. The van der Waals surface area contributed by atoms with E-state index in [-0.39, 0.29) is 5.97 Å². The van der Waals surface area contributed by atoms with Crippen LogP contribution in [0.3, 0.4) is 0 Å². The number of ether oxygens (including phenoxy) is 1. The normalized spacial score (nSPS) is 18.2. The first kappa shape index (κ1) is 22.0. The van der Waals surface area contributed by atoms with E-state index in [1.54, 1.807) is 23.5 Å². The largest absolute Gasteiger partial charge is 0.465 e. The number of carbonyl (C=O) groups is 2. The van der Waals surface area contributed by atoms with Gasteiger partial charge in [0.05, 0.1) is 18.4 Å². The van der Waals surface area contributed by atoms with Crippen LogP contribution in [0.15, 0.2) is 29.6 Å². The van der Waals surface area contributed by atoms with Crippen molar-refractivity contribution in [2.24, 2.45) is 5.92 Å². The van der Waals surface area contributed by atoms with Gasteiger partial charge in [0.2, 0.25) is 5.91 Å². The predicted molar refractivity (Wildman–Crippen MR) is 122 cm³/mol. The van der Waals surface area contributed by atoms with E-state index in [1.165, 1.54) is 39.2 Å². The maximum absolute atomic E-state index is 12.6. The van der Waals surface area contributed by atoms with Crippen LogP contribution >= 0.6 is 11.3 Å². The zero-order valence-corrected chi connectivity index (χ0v) is 19.0. The molecule has 0 radical (unpaired) electrons. The topological polar surface area (TPSA) is 62.7 Å². The Morgan fingerprint density at radius 3 is 2.45 bits per heavy atom. The van der Waals surface area contributed by atoms with E-state index in [4.69, 9.17) is 9.72 Å². The van der Waals surface area contributed by atoms with Crippen LogP contribution in [0.2, 0.25) is 0 Å². The van der Waals surface area contributed by atoms with Gasteiger partial charge in [0, 0.05) is 50.1 Å². The molecule has 2 aliphatic rings. The molecule has 31 heavy (non-hydrogen) atoms. The van der Waals surface area contributed by atoms with Crippen LogP contribution < -0.4 is 0 Å². The Kier molecular flexibility index (Phi) is 7.35. The maximum Gasteiger partial charge on any atom is 0.337 e. The Labute approximate surface area is 188 Å². The van der Waals surface area contributed by atoms with Gasteiger partial charge in [0.15, 0.2) is 0 Å². The van der Waals surface area contributed by atoms with Crippen molar-refractivity contribution >= 4 is 23.2 Å². The summed E-state index contributed by atoms with van der Waals surface area (Å²) >= 11 is 1.62. The minimum Gasteiger partial charge on any atom is -0.465 e. The molecule has 1 saturated carbocycles. The fourth-order valence-corrected chi connectivity index (χ4v) is 5.35. The molecule has 1 aromatic heterocycles. The summed E-state index contributed by atoms with van der Waals surface area (Å²) in [5, 5.41) is 3.05. The van der Waals surface area contributed by atoms with Gasteiger partial charge in [-0.2, -0.15) is 0 Å². The maximum atomic E-state index is 12.6. The second kappa shape index (κ2) is 10.4. The first-order chi connectivity index (χ1) is 15.1. The molecule has 1 saturated heterocycles. The van der Waals surface area contributed by atoms with Crippen molar-refractivity contribution in [2.45, 2.75) is 45.1 Å². The van der Waals surface area contributed by atoms with Crippen molar-refractivity contribution in [2.75, 3.05) is 33.3 Å². The molecule has 0 spiro atoms. The zero-order valence-electron chi connectivity index (χ0n) is 18.2. The summed E-state index contributed by atoms with van der Waals surface area (Å²) in [7, 11) is 1.38. The molecule has 166 valence electrons. The van der Waals surface area contributed by atoms with Gasteiger partial charge in [0.1, 0.15) is 5.01 Å². The quantitative estimate of drug-likeness (QED) is 0.629. The predicted octanol–water partition coefficient (Wildman–Crippen LogP) is 4.21. The highest BCUT2D eigenvalue weighted by Crippen LogP contribution is 2.27. The summed E-state index contributed by atoms with van der Waals surface area (Å²) in [4.78, 5) is 33.4. The van der Waals surface area contributed by atoms with Crippen molar-refractivity contribution in [3.8, 4) is 10.6 Å². The summed E-state index contributed by atoms with van der Waals surface area (Å²) in [5.74, 6) is 0.620. The van der Waals surface area contributed by atoms with Gasteiger partial charge >= 0.3 is 5.97 Å². The van der Waals surface area contributed by atoms with Crippen LogP contribution in [0.1, 0.15) is 54.6 Å². The van der Waals surface area contributed by atoms with Gasteiger partial charge in [-0.15, -0.1) is 11.3 Å². The molecular formula is C24H31N3O3S. The first-order valence-corrected chi connectivity index (χ1v) is 12.1. The van der Waals surface area contributed by atoms with Crippen molar-refractivity contribution < 1.29 is 14.3 Å². The average Bonchev–Trinajstić information content (AvgIpc) is 3.28. The fourth-order valence-electron chi connectivity index (χ4n) is 4.53. The van der Waals surface area contributed by atoms with Crippen molar-refractivity contribution in [1.82, 2.24) is 14.8 Å². The number of benzene rings is 1. The number of aromatic nitrogens is 1. The Balaban J connectivity index is 1.26. The van der Waals surface area contributed by atoms with E-state index in [1.807, 2.05) is 12.1 Å². The molecule has 0 bridgehead atoms. The number of hydrogen-bond acceptors (Lipinski definition) is 6. The van der Waals surface area contributed by atoms with Crippen LogP contribution in [-0.2, 0) is 16.1 Å². The number of rotatable bonds is 6. The first-order valence-electron chi connectivity index (χ1n) is 11.3. The lowest BCUT2D eigenvalue weighted by atomic mass is 9.86. The molecule has 1 aliphatic heterocycles. The molecule has 0 atom stereocenters. The number of nitrogens with zero attached hydrogens (tertiary/aromatic N) is 3. The summed E-state index contributed by atoms with van der Waals surface area (Å²) in [6.07, 6.45) is 7.10. The second-order valence-corrected chi connectivity index (χ2v) is 9.44. The van der Waals surface area contributed by atoms with Crippen LogP contribution in [0.5, 0.6) is 0 Å². The summed E-state index contributed by atoms with van der Waals surface area (Å²) in [6, 6.07) is 7.36. The van der Waals surface area contributed by atoms with E-state index >= 15 is 0 Å². The van der Waals surface area contributed by atoms with Crippen molar-refractivity contribution in [1.29, 1.82) is 0 Å². The lowest BCUT2D eigenvalue weighted by molar-refractivity contribution is -0.134. The van der Waals surface area contributed by atoms with E-state index in [2.05, 4.69) is 15.2 Å². The second-order valence-electron chi connectivity index (χ2n) is 8.58. The lowest BCUT2D eigenvalue weighted by Gasteiger charge is -2.35. The monoisotopic (exact) mass is 441 g/mol. The highest BCUT2D eigenvalue weighted by molar-refractivity contribution is 7.13. The molecule has 1 aromatic carbocycles. The highest BCUT2D eigenvalue weighted by atomic mass is 32.1. The molecule has 0 unspecified atom stereocenters. The number of esters is 1. The minimum atomic E-state index is -0.331. The zero-order chi connectivity index (χ0) is 21.6. The van der Waals surface area contributed by atoms with Gasteiger partial charge in [-0.3, -0.25) is 9.69 Å². The van der Waals surface area contributed by atoms with E-state index in [0.29, 0.717) is 17.4 Å². The Morgan fingerprint density at radius 1 is 1.06 bits per heavy atom. The van der Waals surface area contributed by atoms with Gasteiger partial charge in [0.25, 0.3) is 0 Å². The molecule has 2 heterocycles. The summed E-state index contributed by atoms with van der Waals surface area (Å²) in [6.45, 7) is 4.24. The standard InChI is InChI=1S/C24H31N3O3S/c1-30-24(29)20-9-7-19(8-10-20)23-25-21(17-31-23)16-26-11-13-27(14-12-26)22(28)15-18-5-3-2-4-6-18/h7-10,17-18H,2-6,11-16H2,1H3. The lowest BCUT2D eigenvalue weighted by Crippen LogP contribution is -2.48. The average molecular weight is 442 g/mol. The number of piperazine rings is 1. The number of methoxy groups -OCH3 is 1. The molecule has 1 aliphatic carbocycles. The smallest absolute Gasteiger partial charge is 0.337 e. The Hall–Kier alpha value is -2.25. The van der Waals surface area contributed by atoms with Gasteiger partial charge in [-0.25, -0.2) is 9.78 Å². The Morgan fingerprint density at radius 2 is 1.77 bits per heavy atom. The van der Waals surface area contributed by atoms with Crippen molar-refractivity contribution in [3.05, 3.63) is 40.9 Å². The van der Waals surface area contributed by atoms with Crippen LogP contribution in [0.25, 0.3) is 10.6 Å². The number of thiazole rings is 1. The minimum absolute atomic E-state index is 0.331. The summed E-state index contributed by atoms with van der Waals surface area (Å²) in [5.41, 5.74) is 2.60. The number of amides is 1. The molecule has 1 amide bonds. The van der Waals surface area contributed by atoms with Crippen molar-refractivity contribution in [3.63, 3.8) is 0 Å². The van der Waals surface area contributed by atoms with E-state index in [0.717, 1.165) is 55.4 Å². The third kappa shape index (κ3) is 5.71. The highest BCUT2D eigenvalue weighted by Gasteiger charge is 2.24. The molecule has 6 nitrogen and oxygen atoms in total. The third-order valence-corrected chi connectivity index (χ3v) is 7.34. The fraction of sp³-hybridized carbons (Fsp3) is 0.542. The van der Waals surface area contributed by atoms with Gasteiger partial charge in [-0.05, 0) is 30.9 Å². The van der Waals surface area contributed by atoms with Gasteiger partial charge in [-0.1, -0.05) is 31.4 Å². The molecule has 7 heteroatoms.